The molecular weight excluding hydrogens is 198 g/mol. The molecule has 5 nitrogen and oxygen atoms in total. The van der Waals surface area contributed by atoms with Gasteiger partial charge in [0.05, 0.1) is 19.4 Å². The van der Waals surface area contributed by atoms with Crippen LogP contribution in [0, 0.1) is 0 Å². The fourth-order valence-corrected chi connectivity index (χ4v) is 1.24. The molecule has 0 atom stereocenters. The Morgan fingerprint density at radius 2 is 2.27 bits per heavy atom. The first-order chi connectivity index (χ1) is 7.22. The molecule has 1 aromatic heterocycles. The maximum Gasteiger partial charge on any atom is 0.341 e. The van der Waals surface area contributed by atoms with E-state index < -0.39 is 5.97 Å². The van der Waals surface area contributed by atoms with Gasteiger partial charge in [-0.3, -0.25) is 4.98 Å². The second kappa shape index (κ2) is 3.76. The molecule has 1 fully saturated rings. The summed E-state index contributed by atoms with van der Waals surface area (Å²) in [6, 6.07) is 0. The van der Waals surface area contributed by atoms with Crippen LogP contribution >= 0.6 is 0 Å². The molecule has 1 saturated carbocycles. The third-order valence-electron chi connectivity index (χ3n) is 2.12. The monoisotopic (exact) mass is 209 g/mol. The third-order valence-corrected chi connectivity index (χ3v) is 2.12. The number of rotatable bonds is 4. The molecule has 0 aliphatic heterocycles. The van der Waals surface area contributed by atoms with Crippen molar-refractivity contribution in [2.45, 2.75) is 18.9 Å². The largest absolute Gasteiger partial charge is 0.492 e. The average molecular weight is 209 g/mol. The summed E-state index contributed by atoms with van der Waals surface area (Å²) in [7, 11) is 1.42. The van der Waals surface area contributed by atoms with Crippen LogP contribution in [0.15, 0.2) is 12.4 Å². The fraction of sp³-hybridized carbons (Fsp3) is 0.400. The molecule has 1 aliphatic carbocycles. The van der Waals surface area contributed by atoms with Gasteiger partial charge in [-0.25, -0.2) is 4.79 Å². The van der Waals surface area contributed by atoms with E-state index in [-0.39, 0.29) is 17.4 Å². The highest BCUT2D eigenvalue weighted by Gasteiger charge is 2.26. The van der Waals surface area contributed by atoms with Crippen molar-refractivity contribution in [3.63, 3.8) is 0 Å². The summed E-state index contributed by atoms with van der Waals surface area (Å²) in [5.74, 6) is -0.426. The van der Waals surface area contributed by atoms with Gasteiger partial charge < -0.3 is 14.6 Å². The van der Waals surface area contributed by atoms with E-state index in [1.807, 2.05) is 0 Å². The molecule has 0 unspecified atom stereocenters. The summed E-state index contributed by atoms with van der Waals surface area (Å²) in [5.41, 5.74) is 0.0238. The molecule has 1 aliphatic rings. The molecule has 0 spiro atoms. The van der Waals surface area contributed by atoms with Crippen LogP contribution in [0.2, 0.25) is 0 Å². The number of methoxy groups -OCH3 is 1. The van der Waals surface area contributed by atoms with E-state index >= 15 is 0 Å². The minimum absolute atomic E-state index is 0.0238. The lowest BCUT2D eigenvalue weighted by Crippen LogP contribution is -2.05. The van der Waals surface area contributed by atoms with Crippen LogP contribution in [-0.4, -0.2) is 29.3 Å². The maximum absolute atomic E-state index is 10.9. The standard InChI is InChI=1S/C10H11NO4/c1-14-9-7(10(12)13)4-11-5-8(9)15-6-2-3-6/h4-6H,2-3H2,1H3,(H,12,13). The lowest BCUT2D eigenvalue weighted by Gasteiger charge is -2.10. The number of aromatic nitrogens is 1. The number of pyridine rings is 1. The predicted molar refractivity (Wildman–Crippen MR) is 51.4 cm³/mol. The number of hydrogen-bond donors (Lipinski definition) is 1. The molecule has 2 rings (SSSR count). The predicted octanol–water partition coefficient (Wildman–Crippen LogP) is 1.33. The van der Waals surface area contributed by atoms with E-state index in [0.29, 0.717) is 5.75 Å². The number of aromatic carboxylic acids is 1. The molecule has 80 valence electrons. The molecule has 0 aromatic carbocycles. The van der Waals surface area contributed by atoms with E-state index in [1.165, 1.54) is 19.5 Å². The van der Waals surface area contributed by atoms with E-state index in [9.17, 15) is 4.79 Å². The van der Waals surface area contributed by atoms with Crippen molar-refractivity contribution < 1.29 is 19.4 Å². The SMILES string of the molecule is COc1c(OC2CC2)cncc1C(=O)O. The Bertz CT molecular complexity index is 387. The van der Waals surface area contributed by atoms with Crippen molar-refractivity contribution in [2.75, 3.05) is 7.11 Å². The first-order valence-corrected chi connectivity index (χ1v) is 4.64. The summed E-state index contributed by atoms with van der Waals surface area (Å²) >= 11 is 0. The molecule has 1 heterocycles. The number of nitrogens with zero attached hydrogens (tertiary/aromatic N) is 1. The quantitative estimate of drug-likeness (QED) is 0.810. The van der Waals surface area contributed by atoms with Gasteiger partial charge in [0.25, 0.3) is 0 Å². The summed E-state index contributed by atoms with van der Waals surface area (Å²) in [6.07, 6.45) is 4.91. The Morgan fingerprint density at radius 1 is 1.53 bits per heavy atom. The van der Waals surface area contributed by atoms with Crippen molar-refractivity contribution in [3.05, 3.63) is 18.0 Å². The van der Waals surface area contributed by atoms with Gasteiger partial charge >= 0.3 is 5.97 Å². The molecule has 1 N–H and O–H groups in total. The average Bonchev–Trinajstić information content (AvgIpc) is 3.01. The number of hydrogen-bond acceptors (Lipinski definition) is 4. The Labute approximate surface area is 86.7 Å². The summed E-state index contributed by atoms with van der Waals surface area (Å²) in [4.78, 5) is 14.7. The van der Waals surface area contributed by atoms with E-state index in [4.69, 9.17) is 14.6 Å². The van der Waals surface area contributed by atoms with Crippen molar-refractivity contribution in [2.24, 2.45) is 0 Å². The first-order valence-electron chi connectivity index (χ1n) is 4.64. The minimum atomic E-state index is -1.07. The van der Waals surface area contributed by atoms with Crippen LogP contribution in [-0.2, 0) is 0 Å². The van der Waals surface area contributed by atoms with Gasteiger partial charge in [-0.1, -0.05) is 0 Å². The molecule has 1 aromatic rings. The Hall–Kier alpha value is -1.78. The molecule has 0 radical (unpaired) electrons. The van der Waals surface area contributed by atoms with E-state index in [0.717, 1.165) is 12.8 Å². The first kappa shape index (κ1) is 9.76. The lowest BCUT2D eigenvalue weighted by molar-refractivity contribution is 0.0691. The lowest BCUT2D eigenvalue weighted by atomic mass is 10.2. The number of carboxylic acids is 1. The topological polar surface area (TPSA) is 68.7 Å². The van der Waals surface area contributed by atoms with Gasteiger partial charge in [-0.05, 0) is 12.8 Å². The van der Waals surface area contributed by atoms with Gasteiger partial charge in [0.15, 0.2) is 11.5 Å². The van der Waals surface area contributed by atoms with Crippen LogP contribution in [0.1, 0.15) is 23.2 Å². The number of carbonyl (C=O) groups is 1. The smallest absolute Gasteiger partial charge is 0.341 e. The zero-order chi connectivity index (χ0) is 10.8. The zero-order valence-corrected chi connectivity index (χ0v) is 8.27. The maximum atomic E-state index is 10.9. The zero-order valence-electron chi connectivity index (χ0n) is 8.27. The summed E-state index contributed by atoms with van der Waals surface area (Å²) in [6.45, 7) is 0. The van der Waals surface area contributed by atoms with Gasteiger partial charge in [-0.2, -0.15) is 0 Å². The number of carboxylic acid groups (broad SMARTS) is 1. The van der Waals surface area contributed by atoms with E-state index in [1.54, 1.807) is 0 Å². The van der Waals surface area contributed by atoms with Crippen molar-refractivity contribution in [3.8, 4) is 11.5 Å². The molecule has 0 bridgehead atoms. The van der Waals surface area contributed by atoms with Crippen LogP contribution in [0.4, 0.5) is 0 Å². The highest BCUT2D eigenvalue weighted by Crippen LogP contribution is 2.34. The fourth-order valence-electron chi connectivity index (χ4n) is 1.24. The van der Waals surface area contributed by atoms with Crippen LogP contribution in [0.3, 0.4) is 0 Å². The van der Waals surface area contributed by atoms with Gasteiger partial charge in [0.2, 0.25) is 0 Å². The molecule has 0 amide bonds. The Morgan fingerprint density at radius 3 is 2.80 bits per heavy atom. The second-order valence-corrected chi connectivity index (χ2v) is 3.34. The van der Waals surface area contributed by atoms with Crippen LogP contribution in [0.5, 0.6) is 11.5 Å². The van der Waals surface area contributed by atoms with Gasteiger partial charge in [-0.15, -0.1) is 0 Å². The highest BCUT2D eigenvalue weighted by atomic mass is 16.5. The highest BCUT2D eigenvalue weighted by molar-refractivity contribution is 5.91. The van der Waals surface area contributed by atoms with Crippen molar-refractivity contribution >= 4 is 5.97 Å². The minimum Gasteiger partial charge on any atom is -0.492 e. The third kappa shape index (κ3) is 2.01. The molecular formula is C10H11NO4. The van der Waals surface area contributed by atoms with Crippen LogP contribution in [0.25, 0.3) is 0 Å². The van der Waals surface area contributed by atoms with Crippen molar-refractivity contribution in [1.29, 1.82) is 0 Å². The van der Waals surface area contributed by atoms with Gasteiger partial charge in [0, 0.05) is 6.20 Å². The Kier molecular flexibility index (Phi) is 2.45. The molecule has 5 heteroatoms. The van der Waals surface area contributed by atoms with E-state index in [2.05, 4.69) is 4.98 Å². The van der Waals surface area contributed by atoms with Crippen molar-refractivity contribution in [1.82, 2.24) is 4.98 Å². The molecule has 0 saturated heterocycles. The second-order valence-electron chi connectivity index (χ2n) is 3.34. The van der Waals surface area contributed by atoms with Gasteiger partial charge in [0.1, 0.15) is 5.56 Å². The number of ether oxygens (including phenoxy) is 2. The summed E-state index contributed by atoms with van der Waals surface area (Å²) in [5, 5.41) is 8.90. The van der Waals surface area contributed by atoms with Crippen LogP contribution < -0.4 is 9.47 Å². The Balaban J connectivity index is 2.34. The summed E-state index contributed by atoms with van der Waals surface area (Å²) < 4.78 is 10.5. The normalized spacial score (nSPS) is 14.7. The molecule has 15 heavy (non-hydrogen) atoms.